The Hall–Kier alpha value is 2.38. The molecule has 16 rings (SSSR count). The third-order valence-electron chi connectivity index (χ3n) is 35.4. The van der Waals surface area contributed by atoms with Crippen molar-refractivity contribution >= 4 is 69.7 Å². The average Bonchev–Trinajstić information content (AvgIpc) is 1.69. The van der Waals surface area contributed by atoms with Crippen LogP contribution in [0.15, 0.2) is 0 Å². The predicted octanol–water partition coefficient (Wildman–Crippen LogP) is 19.8. The molecular formula is C102H216N8O4P8+16. The van der Waals surface area contributed by atoms with E-state index in [2.05, 4.69) is 219 Å². The quantitative estimate of drug-likeness (QED) is 0.179. The van der Waals surface area contributed by atoms with Crippen molar-refractivity contribution in [1.82, 2.24) is 0 Å². The first-order valence-electron chi connectivity index (χ1n) is 51.4. The van der Waals surface area contributed by atoms with E-state index in [0.717, 1.165) is 91.1 Å². The van der Waals surface area contributed by atoms with Crippen molar-refractivity contribution in [2.75, 3.05) is 397 Å². The summed E-state index contributed by atoms with van der Waals surface area (Å²) in [5.41, 5.74) is 1.15. The molecule has 0 amide bonds. The molecule has 16 fully saturated rings. The molecule has 20 heteroatoms. The summed E-state index contributed by atoms with van der Waals surface area (Å²) in [5, 5.41) is 0. The second-order valence-electron chi connectivity index (χ2n) is 55.6. The van der Waals surface area contributed by atoms with Crippen molar-refractivity contribution in [2.24, 2.45) is 59.2 Å². The van der Waals surface area contributed by atoms with Gasteiger partial charge in [-0.15, -0.1) is 0 Å². The Bertz CT molecular complexity index is 2870. The van der Waals surface area contributed by atoms with E-state index in [0.29, 0.717) is 59.5 Å². The van der Waals surface area contributed by atoms with Crippen LogP contribution in [-0.4, -0.2) is 481 Å². The maximum absolute atomic E-state index is 12.5. The number of fused-ring (bicyclic) bond motifs is 16. The van der Waals surface area contributed by atoms with Crippen LogP contribution in [0, 0.1) is 59.2 Å². The van der Waals surface area contributed by atoms with Gasteiger partial charge in [0.25, 0.3) is 0 Å². The number of likely N-dealkylation sites (tertiary alicyclic amines) is 6. The molecule has 0 saturated carbocycles. The fraction of sp³-hybridized carbons (Fsp3) is 0.980. The standard InChI is InChI=1S/C13H26N2O.2C13H28N2.C13H26OP2.2C13H28P2.C12H26N2O.C12H26OP2/c1-14(2)7-5-11-6-8-15(3,4)10-12(9-14)13(11)16;1-14(2)7-5-12-6-8-15(3,4)11-13(9-12)10-14;1-14(2)9-7-13-10-12(11-14)6-5-8-15(13,3)4;1-15(2)7-5-11-6-8-16(3,4)10-12(9-15)13(11)14;1-14(2)7-5-12-6-8-15(3,4)11-13(9-12)10-14;1-14(2)9-7-13-10-12(11-14)6-5-8-15(13,3)4;1-13(2)9-7-12-14(3,4)8-5-6-11(10-13)15-12;1-14(2)9-7-12-13-11(10-14)6-5-8-15(12,3)4/h11-12H,5-10H2,1-4H3;2*12-13H,5-11H2,1-4H3;11-12H,5-10H2,1-4H3;2*12-13H,5-11H2,1-4H3;2*11-12H,5-10H2,1-4H3/q8*+2. The Labute approximate surface area is 766 Å². The lowest BCUT2D eigenvalue weighted by molar-refractivity contribution is -0.938. The van der Waals surface area contributed by atoms with Crippen molar-refractivity contribution in [3.63, 3.8) is 0 Å². The van der Waals surface area contributed by atoms with Crippen molar-refractivity contribution < 1.29 is 54.9 Å². The lowest BCUT2D eigenvalue weighted by Crippen LogP contribution is -2.50. The van der Waals surface area contributed by atoms with Crippen molar-refractivity contribution in [2.45, 2.75) is 190 Å². The van der Waals surface area contributed by atoms with Crippen LogP contribution in [0.2, 0.25) is 0 Å². The van der Waals surface area contributed by atoms with Gasteiger partial charge in [-0.05, 0) is 127 Å². The molecule has 8 atom stereocenters. The third kappa shape index (κ3) is 35.2. The van der Waals surface area contributed by atoms with Crippen molar-refractivity contribution in [1.29, 1.82) is 0 Å². The summed E-state index contributed by atoms with van der Waals surface area (Å²) < 4.78 is 21.9. The molecular weight excluding hydrogens is 1650 g/mol. The van der Waals surface area contributed by atoms with E-state index in [9.17, 15) is 9.59 Å². The molecule has 16 bridgehead atoms. The molecule has 0 aliphatic carbocycles. The number of carbonyl (C=O) groups is 2. The van der Waals surface area contributed by atoms with Crippen molar-refractivity contribution in [3.8, 4) is 0 Å². The SMILES string of the molecule is C[N+]1(C)CCC2CC(CCC[N+]2(C)C)C1.C[N+]1(C)CCC2CC[N+](C)(C)CC(C1)C2=O.C[N+]1(C)CCC2CC[N+](C)(C)CC(C2)C1.C[N+]1(C)CCC2OC(CCC[N+]2(C)C)C1.C[P+]1(C)CCC2CC(CCC[P+]2(C)C)C1.C[P+]1(C)CCC2CC[P+](C)(C)CC(C1)C2=O.C[P+]1(C)CCC2CC[P+](C)(C)CC(C2)C1.C[P+]1(C)CCC2OC(CCC[P+]2(C)C)C1. The topological polar surface area (TPSA) is 52.6 Å². The highest BCUT2D eigenvalue weighted by Crippen LogP contribution is 2.69. The molecule has 0 N–H and O–H groups in total. The van der Waals surface area contributed by atoms with Gasteiger partial charge in [-0.3, -0.25) is 9.59 Å². The smallest absolute Gasteiger partial charge is 0.198 e. The first kappa shape index (κ1) is 108. The van der Waals surface area contributed by atoms with Crippen LogP contribution in [0.4, 0.5) is 0 Å². The van der Waals surface area contributed by atoms with E-state index >= 15 is 0 Å². The Balaban J connectivity index is 0.000000158. The molecule has 16 aliphatic heterocycles. The van der Waals surface area contributed by atoms with Crippen LogP contribution >= 0.6 is 58.1 Å². The Morgan fingerprint density at radius 2 is 0.648 bits per heavy atom. The molecule has 122 heavy (non-hydrogen) atoms. The Kier molecular flexibility index (Phi) is 38.4. The second kappa shape index (κ2) is 43.4. The van der Waals surface area contributed by atoms with Crippen LogP contribution in [0.5, 0.6) is 0 Å². The molecule has 12 nitrogen and oxygen atoms in total. The van der Waals surface area contributed by atoms with E-state index < -0.39 is 58.1 Å². The van der Waals surface area contributed by atoms with Gasteiger partial charge in [0.15, 0.2) is 17.9 Å². The number of hydrogen-bond donors (Lipinski definition) is 0. The van der Waals surface area contributed by atoms with E-state index in [1.54, 1.807) is 88.1 Å². The minimum Gasteiger partial charge on any atom is -0.337 e. The number of likely N-dealkylation sites (N-methyl/N-ethyl adjacent to an activating group) is 1. The summed E-state index contributed by atoms with van der Waals surface area (Å²) in [5.74, 6) is 9.70. The number of ether oxygens (including phenoxy) is 2. The fourth-order valence-electron chi connectivity index (χ4n) is 27.5. The first-order chi connectivity index (χ1) is 55.9. The van der Waals surface area contributed by atoms with Gasteiger partial charge >= 0.3 is 0 Å². The first-order valence-corrected chi connectivity index (χ1v) is 75.6. The zero-order valence-electron chi connectivity index (χ0n) is 87.8. The van der Waals surface area contributed by atoms with Gasteiger partial charge < -0.3 is 45.3 Å². The molecule has 0 aromatic carbocycles. The molecule has 8 unspecified atom stereocenters. The van der Waals surface area contributed by atoms with E-state index in [1.807, 2.05) is 0 Å². The highest BCUT2D eigenvalue weighted by molar-refractivity contribution is 7.77. The largest absolute Gasteiger partial charge is 0.337 e. The van der Waals surface area contributed by atoms with Crippen LogP contribution < -0.4 is 0 Å². The van der Waals surface area contributed by atoms with Gasteiger partial charge in [-0.1, -0.05) is 0 Å². The van der Waals surface area contributed by atoms with Crippen molar-refractivity contribution in [3.05, 3.63) is 0 Å². The fourth-order valence-corrected chi connectivity index (χ4v) is 50.6. The van der Waals surface area contributed by atoms with E-state index in [1.165, 1.54) is 236 Å². The summed E-state index contributed by atoms with van der Waals surface area (Å²) in [6.45, 7) is 58.7. The summed E-state index contributed by atoms with van der Waals surface area (Å²) in [6, 6.07) is 0.928. The molecule has 16 saturated heterocycles. The van der Waals surface area contributed by atoms with Crippen LogP contribution in [-0.2, 0) is 19.1 Å². The highest BCUT2D eigenvalue weighted by atomic mass is 31.2. The number of ketones is 2. The number of Topliss-reactive ketones (excluding diaryl/α,β-unsaturated/α-hetero) is 2. The molecule has 16 aliphatic rings. The molecule has 0 radical (unpaired) electrons. The molecule has 0 spiro atoms. The third-order valence-corrected chi connectivity index (χ3v) is 60.3. The lowest BCUT2D eigenvalue weighted by atomic mass is 9.91. The zero-order chi connectivity index (χ0) is 90.6. The van der Waals surface area contributed by atoms with E-state index in [4.69, 9.17) is 9.47 Å². The average molecular weight is 1870 g/mol. The Morgan fingerprint density at radius 3 is 1.22 bits per heavy atom. The maximum atomic E-state index is 12.5. The predicted molar refractivity (Wildman–Crippen MR) is 564 cm³/mol. The van der Waals surface area contributed by atoms with Gasteiger partial charge in [0.05, 0.1) is 334 Å². The summed E-state index contributed by atoms with van der Waals surface area (Å²) in [4.78, 5) is 24.9. The normalized spacial score (nSPS) is 38.8. The number of quaternary nitrogens is 8. The minimum absolute atomic E-state index is 0.292. The molecule has 0 aromatic heterocycles. The molecule has 16 heterocycles. The molecule has 712 valence electrons. The van der Waals surface area contributed by atoms with E-state index in [-0.39, 0.29) is 0 Å². The number of rotatable bonds is 0. The van der Waals surface area contributed by atoms with Gasteiger partial charge in [0, 0.05) is 214 Å². The number of hydrogen-bond acceptors (Lipinski definition) is 4. The van der Waals surface area contributed by atoms with Gasteiger partial charge in [-0.25, -0.2) is 0 Å². The zero-order valence-corrected chi connectivity index (χ0v) is 95.0. The van der Waals surface area contributed by atoms with Gasteiger partial charge in [-0.2, -0.15) is 0 Å². The lowest BCUT2D eigenvalue weighted by Gasteiger charge is -2.37. The van der Waals surface area contributed by atoms with Crippen LogP contribution in [0.3, 0.4) is 0 Å². The summed E-state index contributed by atoms with van der Waals surface area (Å²) in [7, 11) is 32.7. The van der Waals surface area contributed by atoms with Crippen LogP contribution in [0.25, 0.3) is 0 Å². The van der Waals surface area contributed by atoms with Gasteiger partial charge in [0.2, 0.25) is 0 Å². The maximum Gasteiger partial charge on any atom is 0.198 e. The van der Waals surface area contributed by atoms with Crippen LogP contribution in [0.1, 0.15) is 154 Å². The summed E-state index contributed by atoms with van der Waals surface area (Å²) in [6.07, 6.45) is 56.1. The molecule has 0 aromatic rings. The monoisotopic (exact) mass is 1870 g/mol. The summed E-state index contributed by atoms with van der Waals surface area (Å²) >= 11 is 0. The number of nitrogens with zero attached hydrogens (tertiary/aromatic N) is 8. The highest BCUT2D eigenvalue weighted by Gasteiger charge is 2.53. The Morgan fingerprint density at radius 1 is 0.254 bits per heavy atom. The number of carbonyl (C=O) groups excluding carboxylic acids is 2. The van der Waals surface area contributed by atoms with Gasteiger partial charge in [0.1, 0.15) is 24.3 Å². The second-order valence-corrected chi connectivity index (χ2v) is 93.0. The minimum atomic E-state index is -0.766.